The molecule has 0 saturated heterocycles. The van der Waals surface area contributed by atoms with Crippen LogP contribution in [0.4, 0.5) is 0 Å². The van der Waals surface area contributed by atoms with Gasteiger partial charge in [-0.2, -0.15) is 0 Å². The third-order valence-electron chi connectivity index (χ3n) is 3.38. The summed E-state index contributed by atoms with van der Waals surface area (Å²) < 4.78 is 2.09. The van der Waals surface area contributed by atoms with Gasteiger partial charge in [-0.25, -0.2) is 4.98 Å². The number of aliphatic imine (C=N–C) groups is 1. The number of aryl methyl sites for hydroxylation is 1. The van der Waals surface area contributed by atoms with E-state index in [0.29, 0.717) is 5.25 Å². The molecule has 2 rings (SSSR count). The van der Waals surface area contributed by atoms with E-state index in [1.807, 2.05) is 36.5 Å². The number of rotatable bonds is 9. The molecule has 1 heterocycles. The number of aromatic nitrogens is 2. The average Bonchev–Trinajstić information content (AvgIpc) is 3.11. The van der Waals surface area contributed by atoms with E-state index in [2.05, 4.69) is 58.3 Å². The fraction of sp³-hybridized carbons (Fsp3) is 0.444. The lowest BCUT2D eigenvalue weighted by atomic mass is 10.4. The Morgan fingerprint density at radius 2 is 2.12 bits per heavy atom. The van der Waals surface area contributed by atoms with Gasteiger partial charge in [0.05, 0.1) is 12.9 Å². The molecule has 2 N–H and O–H groups in total. The Bertz CT molecular complexity index is 583. The number of benzene rings is 1. The van der Waals surface area contributed by atoms with Crippen molar-refractivity contribution in [2.24, 2.45) is 4.99 Å². The van der Waals surface area contributed by atoms with E-state index in [4.69, 9.17) is 4.99 Å². The number of hydrogen-bond acceptors (Lipinski definition) is 3. The molecule has 24 heavy (non-hydrogen) atoms. The summed E-state index contributed by atoms with van der Waals surface area (Å²) in [5, 5.41) is 7.14. The lowest BCUT2D eigenvalue weighted by molar-refractivity contribution is 0.624. The van der Waals surface area contributed by atoms with Crippen LogP contribution >= 0.6 is 11.8 Å². The minimum Gasteiger partial charge on any atom is -0.357 e. The molecule has 2 aromatic rings. The van der Waals surface area contributed by atoms with Crippen LogP contribution in [-0.2, 0) is 6.54 Å². The van der Waals surface area contributed by atoms with Gasteiger partial charge in [-0.1, -0.05) is 25.1 Å². The zero-order valence-electron chi connectivity index (χ0n) is 14.5. The van der Waals surface area contributed by atoms with Gasteiger partial charge in [0.25, 0.3) is 0 Å². The van der Waals surface area contributed by atoms with Gasteiger partial charge in [0, 0.05) is 42.2 Å². The first-order valence-electron chi connectivity index (χ1n) is 8.47. The molecule has 0 aliphatic heterocycles. The van der Waals surface area contributed by atoms with Crippen LogP contribution in [-0.4, -0.2) is 40.4 Å². The van der Waals surface area contributed by atoms with Gasteiger partial charge in [-0.05, 0) is 25.5 Å². The van der Waals surface area contributed by atoms with E-state index in [1.54, 1.807) is 0 Å². The maximum absolute atomic E-state index is 4.70. The molecule has 1 aromatic heterocycles. The van der Waals surface area contributed by atoms with Crippen molar-refractivity contribution in [2.75, 3.05) is 19.6 Å². The average molecular weight is 346 g/mol. The molecule has 5 nitrogen and oxygen atoms in total. The summed E-state index contributed by atoms with van der Waals surface area (Å²) in [6, 6.07) is 10.5. The summed E-state index contributed by atoms with van der Waals surface area (Å²) >= 11 is 1.86. The molecule has 0 amide bonds. The molecule has 0 saturated carbocycles. The highest BCUT2D eigenvalue weighted by molar-refractivity contribution is 8.00. The zero-order chi connectivity index (χ0) is 17.0. The molecular weight excluding hydrogens is 318 g/mol. The lowest BCUT2D eigenvalue weighted by Crippen LogP contribution is -2.38. The number of guanidine groups is 1. The van der Waals surface area contributed by atoms with E-state index < -0.39 is 0 Å². The predicted octanol–water partition coefficient (Wildman–Crippen LogP) is 3.01. The maximum Gasteiger partial charge on any atom is 0.191 e. The molecular formula is C18H27N5S. The molecule has 0 bridgehead atoms. The van der Waals surface area contributed by atoms with Gasteiger partial charge in [0.1, 0.15) is 0 Å². The first kappa shape index (κ1) is 18.4. The maximum atomic E-state index is 4.70. The van der Waals surface area contributed by atoms with Crippen LogP contribution < -0.4 is 10.6 Å². The Hall–Kier alpha value is -1.95. The van der Waals surface area contributed by atoms with Crippen molar-refractivity contribution in [2.45, 2.75) is 37.0 Å². The van der Waals surface area contributed by atoms with Gasteiger partial charge >= 0.3 is 0 Å². The van der Waals surface area contributed by atoms with Gasteiger partial charge in [-0.3, -0.25) is 4.99 Å². The smallest absolute Gasteiger partial charge is 0.191 e. The van der Waals surface area contributed by atoms with Crippen molar-refractivity contribution in [1.29, 1.82) is 0 Å². The van der Waals surface area contributed by atoms with Gasteiger partial charge < -0.3 is 15.2 Å². The fourth-order valence-corrected chi connectivity index (χ4v) is 3.15. The van der Waals surface area contributed by atoms with Gasteiger partial charge in [0.15, 0.2) is 5.96 Å². The van der Waals surface area contributed by atoms with Crippen LogP contribution in [0.2, 0.25) is 0 Å². The summed E-state index contributed by atoms with van der Waals surface area (Å²) in [5.74, 6) is 0.892. The van der Waals surface area contributed by atoms with Crippen LogP contribution in [0.15, 0.2) is 58.9 Å². The zero-order valence-corrected chi connectivity index (χ0v) is 15.3. The first-order chi connectivity index (χ1) is 11.8. The molecule has 130 valence electrons. The number of nitrogens with one attached hydrogen (secondary N) is 2. The number of hydrogen-bond donors (Lipinski definition) is 2. The molecule has 1 atom stereocenters. The number of nitrogens with zero attached hydrogens (tertiary/aromatic N) is 3. The third-order valence-corrected chi connectivity index (χ3v) is 4.47. The Balaban J connectivity index is 1.72. The molecule has 1 aromatic carbocycles. The van der Waals surface area contributed by atoms with Crippen LogP contribution in [0.5, 0.6) is 0 Å². The second-order valence-corrected chi connectivity index (χ2v) is 7.05. The molecule has 0 aliphatic rings. The highest BCUT2D eigenvalue weighted by Crippen LogP contribution is 2.22. The second kappa shape index (κ2) is 10.8. The molecule has 0 radical (unpaired) electrons. The predicted molar refractivity (Wildman–Crippen MR) is 103 cm³/mol. The van der Waals surface area contributed by atoms with E-state index in [1.165, 1.54) is 4.90 Å². The summed E-state index contributed by atoms with van der Waals surface area (Å²) in [6.07, 6.45) is 6.68. The highest BCUT2D eigenvalue weighted by Gasteiger charge is 2.04. The Morgan fingerprint density at radius 3 is 2.83 bits per heavy atom. The van der Waals surface area contributed by atoms with E-state index >= 15 is 0 Å². The normalized spacial score (nSPS) is 12.8. The Kier molecular flexibility index (Phi) is 8.24. The van der Waals surface area contributed by atoms with E-state index in [-0.39, 0.29) is 0 Å². The molecule has 0 fully saturated rings. The lowest BCUT2D eigenvalue weighted by Gasteiger charge is -2.13. The van der Waals surface area contributed by atoms with Crippen molar-refractivity contribution >= 4 is 17.7 Å². The minimum atomic E-state index is 0.439. The van der Waals surface area contributed by atoms with Gasteiger partial charge in [0.2, 0.25) is 0 Å². The number of thioether (sulfide) groups is 1. The monoisotopic (exact) mass is 345 g/mol. The second-order valence-electron chi connectivity index (χ2n) is 5.54. The first-order valence-corrected chi connectivity index (χ1v) is 9.35. The van der Waals surface area contributed by atoms with E-state index in [9.17, 15) is 0 Å². The minimum absolute atomic E-state index is 0.439. The largest absolute Gasteiger partial charge is 0.357 e. The van der Waals surface area contributed by atoms with Crippen molar-refractivity contribution in [3.05, 3.63) is 49.1 Å². The molecule has 0 spiro atoms. The van der Waals surface area contributed by atoms with Crippen molar-refractivity contribution < 1.29 is 0 Å². The van der Waals surface area contributed by atoms with Crippen molar-refractivity contribution in [3.8, 4) is 0 Å². The van der Waals surface area contributed by atoms with Crippen LogP contribution in [0.3, 0.4) is 0 Å². The standard InChI is InChI=1S/C18H27N5S/c1-3-20-18(21-10-7-12-23-13-11-19-15-23)22-14-16(2)24-17-8-5-4-6-9-17/h4-6,8-9,11,13,15-16H,3,7,10,12,14H2,1-2H3,(H2,20,21,22). The SMILES string of the molecule is CCNC(=NCC(C)Sc1ccccc1)NCCCn1ccnc1. The van der Waals surface area contributed by atoms with Crippen molar-refractivity contribution in [3.63, 3.8) is 0 Å². The quantitative estimate of drug-likeness (QED) is 0.317. The topological polar surface area (TPSA) is 54.2 Å². The summed E-state index contributed by atoms with van der Waals surface area (Å²) in [4.78, 5) is 10.0. The Labute approximate surface area is 149 Å². The molecule has 0 aliphatic carbocycles. The van der Waals surface area contributed by atoms with Crippen molar-refractivity contribution in [1.82, 2.24) is 20.2 Å². The highest BCUT2D eigenvalue weighted by atomic mass is 32.2. The summed E-state index contributed by atoms with van der Waals surface area (Å²) in [6.45, 7) is 7.81. The fourth-order valence-electron chi connectivity index (χ4n) is 2.22. The van der Waals surface area contributed by atoms with Gasteiger partial charge in [-0.15, -0.1) is 11.8 Å². The summed E-state index contributed by atoms with van der Waals surface area (Å²) in [7, 11) is 0. The third kappa shape index (κ3) is 7.08. The Morgan fingerprint density at radius 1 is 1.29 bits per heavy atom. The van der Waals surface area contributed by atoms with Crippen LogP contribution in [0.25, 0.3) is 0 Å². The van der Waals surface area contributed by atoms with Crippen LogP contribution in [0, 0.1) is 0 Å². The summed E-state index contributed by atoms with van der Waals surface area (Å²) in [5.41, 5.74) is 0. The van der Waals surface area contributed by atoms with E-state index in [0.717, 1.165) is 38.6 Å². The molecule has 6 heteroatoms. The molecule has 1 unspecified atom stereocenters. The van der Waals surface area contributed by atoms with Crippen LogP contribution in [0.1, 0.15) is 20.3 Å². The number of imidazole rings is 1.